The maximum atomic E-state index is 10.3. The highest BCUT2D eigenvalue weighted by molar-refractivity contribution is 5.62. The quantitative estimate of drug-likeness (QED) is 0.515. The lowest BCUT2D eigenvalue weighted by molar-refractivity contribution is -0.109. The fourth-order valence-corrected chi connectivity index (χ4v) is 1.33. The molecule has 1 saturated carbocycles. The maximum absolute atomic E-state index is 10.3. The van der Waals surface area contributed by atoms with Crippen LogP contribution in [-0.4, -0.2) is 19.5 Å². The van der Waals surface area contributed by atoms with Crippen molar-refractivity contribution in [3.63, 3.8) is 0 Å². The average molecular weight is 128 g/mol. The summed E-state index contributed by atoms with van der Waals surface area (Å²) in [6.45, 7) is 4.08. The van der Waals surface area contributed by atoms with Crippen LogP contribution in [-0.2, 0) is 9.53 Å². The summed E-state index contributed by atoms with van der Waals surface area (Å²) in [6.07, 6.45) is 1.14. The lowest BCUT2D eigenvalue weighted by atomic mass is 10.1. The molecule has 0 bridgehead atoms. The highest BCUT2D eigenvalue weighted by Crippen LogP contribution is 2.52. The van der Waals surface area contributed by atoms with Crippen molar-refractivity contribution in [2.24, 2.45) is 11.3 Å². The van der Waals surface area contributed by atoms with Crippen molar-refractivity contribution in [1.82, 2.24) is 0 Å². The molecule has 2 heteroatoms. The van der Waals surface area contributed by atoms with E-state index in [9.17, 15) is 4.79 Å². The van der Waals surface area contributed by atoms with E-state index >= 15 is 0 Å². The molecule has 0 aliphatic heterocycles. The van der Waals surface area contributed by atoms with Crippen LogP contribution in [0.25, 0.3) is 0 Å². The Morgan fingerprint density at radius 2 is 2.11 bits per heavy atom. The molecule has 9 heavy (non-hydrogen) atoms. The third-order valence-electron chi connectivity index (χ3n) is 2.21. The average Bonchev–Trinajstić information content (AvgIpc) is 2.32. The zero-order valence-corrected chi connectivity index (χ0v) is 6.05. The lowest BCUT2D eigenvalue weighted by Gasteiger charge is -1.96. The topological polar surface area (TPSA) is 26.3 Å². The van der Waals surface area contributed by atoms with Crippen LogP contribution in [0, 0.1) is 11.3 Å². The number of methoxy groups -OCH3 is 1. The highest BCUT2D eigenvalue weighted by Gasteiger charge is 2.58. The van der Waals surface area contributed by atoms with Crippen LogP contribution in [0.1, 0.15) is 13.8 Å². The predicted octanol–water partition coefficient (Wildman–Crippen LogP) is 0.856. The summed E-state index contributed by atoms with van der Waals surface area (Å²) < 4.78 is 5.05. The number of carbonyl (C=O) groups excluding carboxylic acids is 1. The SMILES string of the molecule is CO[C@@H]1[C@@H](C=O)C1(C)C. The van der Waals surface area contributed by atoms with Crippen LogP contribution < -0.4 is 0 Å². The molecule has 0 N–H and O–H groups in total. The minimum Gasteiger partial charge on any atom is -0.380 e. The first kappa shape index (κ1) is 6.75. The van der Waals surface area contributed by atoms with Crippen molar-refractivity contribution < 1.29 is 9.53 Å². The second-order valence-electron chi connectivity index (χ2n) is 3.14. The smallest absolute Gasteiger partial charge is 0.126 e. The Kier molecular flexibility index (Phi) is 1.35. The van der Waals surface area contributed by atoms with E-state index in [1.807, 2.05) is 13.8 Å². The molecule has 0 spiro atoms. The molecule has 1 fully saturated rings. The van der Waals surface area contributed by atoms with E-state index in [2.05, 4.69) is 0 Å². The molecule has 0 unspecified atom stereocenters. The van der Waals surface area contributed by atoms with Crippen LogP contribution >= 0.6 is 0 Å². The van der Waals surface area contributed by atoms with Gasteiger partial charge in [-0.2, -0.15) is 0 Å². The Bertz CT molecular complexity index is 129. The summed E-state index contributed by atoms with van der Waals surface area (Å²) >= 11 is 0. The third-order valence-corrected chi connectivity index (χ3v) is 2.21. The van der Waals surface area contributed by atoms with Crippen LogP contribution in [0.2, 0.25) is 0 Å². The van der Waals surface area contributed by atoms with E-state index in [0.29, 0.717) is 0 Å². The Morgan fingerprint density at radius 1 is 1.56 bits per heavy atom. The summed E-state index contributed by atoms with van der Waals surface area (Å²) in [7, 11) is 1.65. The minimum absolute atomic E-state index is 0.0938. The molecule has 0 radical (unpaired) electrons. The van der Waals surface area contributed by atoms with Crippen molar-refractivity contribution in [3.05, 3.63) is 0 Å². The van der Waals surface area contributed by atoms with Crippen LogP contribution in [0.3, 0.4) is 0 Å². The minimum atomic E-state index is 0.0938. The first-order chi connectivity index (χ1) is 4.14. The molecule has 1 aliphatic rings. The van der Waals surface area contributed by atoms with Gasteiger partial charge in [0, 0.05) is 18.4 Å². The van der Waals surface area contributed by atoms with E-state index in [1.165, 1.54) is 0 Å². The van der Waals surface area contributed by atoms with Gasteiger partial charge in [-0.15, -0.1) is 0 Å². The standard InChI is InChI=1S/C7H12O2/c1-7(2)5(4-8)6(7)9-3/h4-6H,1-3H3/t5-,6-/m1/s1. The molecule has 2 atom stereocenters. The molecule has 1 rings (SSSR count). The van der Waals surface area contributed by atoms with E-state index in [0.717, 1.165) is 6.29 Å². The summed E-state index contributed by atoms with van der Waals surface area (Å²) in [5.41, 5.74) is 0.0938. The van der Waals surface area contributed by atoms with Gasteiger partial charge in [-0.05, 0) is 0 Å². The van der Waals surface area contributed by atoms with Crippen LogP contribution in [0.15, 0.2) is 0 Å². The van der Waals surface area contributed by atoms with Crippen molar-refractivity contribution in [3.8, 4) is 0 Å². The monoisotopic (exact) mass is 128 g/mol. The van der Waals surface area contributed by atoms with E-state index in [-0.39, 0.29) is 17.4 Å². The van der Waals surface area contributed by atoms with Crippen molar-refractivity contribution in [1.29, 1.82) is 0 Å². The number of hydrogen-bond acceptors (Lipinski definition) is 2. The second-order valence-corrected chi connectivity index (χ2v) is 3.14. The fraction of sp³-hybridized carbons (Fsp3) is 0.857. The number of carbonyl (C=O) groups is 1. The van der Waals surface area contributed by atoms with Gasteiger partial charge in [-0.3, -0.25) is 0 Å². The Labute approximate surface area is 55.2 Å². The third kappa shape index (κ3) is 0.778. The van der Waals surface area contributed by atoms with Gasteiger partial charge >= 0.3 is 0 Å². The van der Waals surface area contributed by atoms with Crippen molar-refractivity contribution >= 4 is 6.29 Å². The molecular weight excluding hydrogens is 116 g/mol. The van der Waals surface area contributed by atoms with Crippen molar-refractivity contribution in [2.45, 2.75) is 20.0 Å². The first-order valence-electron chi connectivity index (χ1n) is 3.12. The Hall–Kier alpha value is -0.370. The highest BCUT2D eigenvalue weighted by atomic mass is 16.5. The molecule has 2 nitrogen and oxygen atoms in total. The molecule has 0 aromatic rings. The Balaban J connectivity index is 2.54. The molecule has 0 saturated heterocycles. The van der Waals surface area contributed by atoms with Gasteiger partial charge in [0.05, 0.1) is 6.10 Å². The van der Waals surface area contributed by atoms with E-state index in [1.54, 1.807) is 7.11 Å². The van der Waals surface area contributed by atoms with Gasteiger partial charge in [0.2, 0.25) is 0 Å². The van der Waals surface area contributed by atoms with Crippen LogP contribution in [0.4, 0.5) is 0 Å². The molecular formula is C7H12O2. The van der Waals surface area contributed by atoms with Gasteiger partial charge in [0.25, 0.3) is 0 Å². The van der Waals surface area contributed by atoms with E-state index in [4.69, 9.17) is 4.74 Å². The molecule has 52 valence electrons. The van der Waals surface area contributed by atoms with Gasteiger partial charge in [0.1, 0.15) is 6.29 Å². The van der Waals surface area contributed by atoms with Crippen LogP contribution in [0.5, 0.6) is 0 Å². The predicted molar refractivity (Wildman–Crippen MR) is 34.1 cm³/mol. The zero-order valence-electron chi connectivity index (χ0n) is 6.05. The summed E-state index contributed by atoms with van der Waals surface area (Å²) in [4.78, 5) is 10.3. The second kappa shape index (κ2) is 1.81. The number of aldehydes is 1. The Morgan fingerprint density at radius 3 is 2.22 bits per heavy atom. The molecule has 1 aliphatic carbocycles. The largest absolute Gasteiger partial charge is 0.380 e. The molecule has 0 amide bonds. The summed E-state index contributed by atoms with van der Waals surface area (Å²) in [5.74, 6) is 0.127. The van der Waals surface area contributed by atoms with Gasteiger partial charge in [0.15, 0.2) is 0 Å². The van der Waals surface area contributed by atoms with Crippen molar-refractivity contribution in [2.75, 3.05) is 7.11 Å². The molecule has 0 heterocycles. The number of hydrogen-bond donors (Lipinski definition) is 0. The van der Waals surface area contributed by atoms with Gasteiger partial charge < -0.3 is 9.53 Å². The molecule has 0 aromatic heterocycles. The normalized spacial score (nSPS) is 38.1. The maximum Gasteiger partial charge on any atom is 0.126 e. The first-order valence-corrected chi connectivity index (χ1v) is 3.12. The number of ether oxygens (including phenoxy) is 1. The fourth-order valence-electron chi connectivity index (χ4n) is 1.33. The zero-order chi connectivity index (χ0) is 7.07. The summed E-state index contributed by atoms with van der Waals surface area (Å²) in [6, 6.07) is 0. The lowest BCUT2D eigenvalue weighted by Crippen LogP contribution is -1.96. The van der Waals surface area contributed by atoms with Gasteiger partial charge in [-0.1, -0.05) is 13.8 Å². The summed E-state index contributed by atoms with van der Waals surface area (Å²) in [5, 5.41) is 0. The number of rotatable bonds is 2. The van der Waals surface area contributed by atoms with Gasteiger partial charge in [-0.25, -0.2) is 0 Å². The molecule has 0 aromatic carbocycles. The van der Waals surface area contributed by atoms with E-state index < -0.39 is 0 Å².